The van der Waals surface area contributed by atoms with Gasteiger partial charge < -0.3 is 19.7 Å². The number of ether oxygens (including phenoxy) is 2. The zero-order valence-corrected chi connectivity index (χ0v) is 18.2. The number of aliphatic hydroxyl groups is 2. The molecule has 0 amide bonds. The zero-order chi connectivity index (χ0) is 21.7. The Kier molecular flexibility index (Phi) is 7.62. The highest BCUT2D eigenvalue weighted by Crippen LogP contribution is 2.39. The van der Waals surface area contributed by atoms with Crippen LogP contribution in [0.4, 0.5) is 0 Å². The maximum atomic E-state index is 9.77. The van der Waals surface area contributed by atoms with Crippen LogP contribution in [0.1, 0.15) is 74.4 Å². The van der Waals surface area contributed by atoms with Crippen molar-refractivity contribution in [3.63, 3.8) is 0 Å². The lowest BCUT2D eigenvalue weighted by atomic mass is 9.88. The van der Waals surface area contributed by atoms with Crippen LogP contribution in [0.2, 0.25) is 0 Å². The molecule has 2 aromatic carbocycles. The van der Waals surface area contributed by atoms with Gasteiger partial charge in [-0.3, -0.25) is 0 Å². The summed E-state index contributed by atoms with van der Waals surface area (Å²) >= 11 is 0. The van der Waals surface area contributed by atoms with Gasteiger partial charge >= 0.3 is 0 Å². The van der Waals surface area contributed by atoms with Crippen LogP contribution in [0, 0.1) is 0 Å². The molecule has 4 rings (SSSR count). The average Bonchev–Trinajstić information content (AvgIpc) is 2.75. The molecule has 0 radical (unpaired) electrons. The van der Waals surface area contributed by atoms with E-state index in [-0.39, 0.29) is 12.2 Å². The molecule has 4 unspecified atom stereocenters. The predicted molar refractivity (Wildman–Crippen MR) is 119 cm³/mol. The summed E-state index contributed by atoms with van der Waals surface area (Å²) in [4.78, 5) is 0. The smallest absolute Gasteiger partial charge is 0.104 e. The van der Waals surface area contributed by atoms with Gasteiger partial charge in [-0.15, -0.1) is 0 Å². The van der Waals surface area contributed by atoms with E-state index in [9.17, 15) is 10.2 Å². The van der Waals surface area contributed by atoms with Gasteiger partial charge in [-0.2, -0.15) is 0 Å². The molecule has 2 N–H and O–H groups in total. The predicted octanol–water partition coefficient (Wildman–Crippen LogP) is 5.52. The van der Waals surface area contributed by atoms with Crippen LogP contribution in [0.25, 0.3) is 0 Å². The van der Waals surface area contributed by atoms with Crippen molar-refractivity contribution in [1.82, 2.24) is 0 Å². The van der Waals surface area contributed by atoms with Crippen LogP contribution in [0.15, 0.2) is 71.8 Å². The fraction of sp³-hybridized carbons (Fsp3) is 0.385. The van der Waals surface area contributed by atoms with E-state index >= 15 is 0 Å². The van der Waals surface area contributed by atoms with Gasteiger partial charge in [0.25, 0.3) is 0 Å². The Hall–Kier alpha value is -2.24. The minimum absolute atomic E-state index is 0.0768. The van der Waals surface area contributed by atoms with E-state index in [1.807, 2.05) is 45.0 Å². The Bertz CT molecular complexity index is 915. The summed E-state index contributed by atoms with van der Waals surface area (Å²) in [5.74, 6) is 0. The lowest BCUT2D eigenvalue weighted by molar-refractivity contribution is 0.0623. The van der Waals surface area contributed by atoms with Gasteiger partial charge in [-0.1, -0.05) is 48.5 Å². The summed E-state index contributed by atoms with van der Waals surface area (Å²) in [6.07, 6.45) is 2.90. The molecule has 2 aromatic rings. The Morgan fingerprint density at radius 1 is 0.700 bits per heavy atom. The first-order chi connectivity index (χ1) is 14.5. The molecule has 0 spiro atoms. The second-order valence-corrected chi connectivity index (χ2v) is 7.64. The molecule has 0 aliphatic heterocycles. The summed E-state index contributed by atoms with van der Waals surface area (Å²) in [5, 5.41) is 19.4. The Balaban J connectivity index is 0.000000177. The first-order valence-corrected chi connectivity index (χ1v) is 10.6. The number of benzene rings is 2. The molecule has 4 nitrogen and oxygen atoms in total. The van der Waals surface area contributed by atoms with E-state index in [4.69, 9.17) is 9.47 Å². The minimum Gasteiger partial charge on any atom is -0.384 e. The van der Waals surface area contributed by atoms with Crippen LogP contribution in [-0.2, 0) is 9.47 Å². The average molecular weight is 409 g/mol. The monoisotopic (exact) mass is 408 g/mol. The number of aliphatic hydroxyl groups excluding tert-OH is 2. The van der Waals surface area contributed by atoms with Crippen LogP contribution < -0.4 is 0 Å². The van der Waals surface area contributed by atoms with Crippen molar-refractivity contribution in [1.29, 1.82) is 0 Å². The minimum atomic E-state index is -0.570. The topological polar surface area (TPSA) is 58.9 Å². The molecule has 4 heteroatoms. The standard InChI is InChI=1S/C15H20O2.C11H12O2/c1-4-16-14-10-11(3)15(17-5-2)13-9-7-6-8-12(13)14;1-7-6-10(12)8-4-2-3-5-9(8)11(7)13/h6-10,14-15H,4-5H2,1-3H3;2-6,10-13H,1H3. The van der Waals surface area contributed by atoms with Crippen molar-refractivity contribution in [2.24, 2.45) is 0 Å². The van der Waals surface area contributed by atoms with Gasteiger partial charge in [-0.05, 0) is 73.2 Å². The molecule has 160 valence electrons. The lowest BCUT2D eigenvalue weighted by Crippen LogP contribution is -2.17. The lowest BCUT2D eigenvalue weighted by Gasteiger charge is -2.29. The third-order valence-corrected chi connectivity index (χ3v) is 5.55. The Morgan fingerprint density at radius 2 is 1.27 bits per heavy atom. The number of fused-ring (bicyclic) bond motifs is 2. The molecular weight excluding hydrogens is 376 g/mol. The van der Waals surface area contributed by atoms with E-state index in [2.05, 4.69) is 37.3 Å². The summed E-state index contributed by atoms with van der Waals surface area (Å²) in [7, 11) is 0. The first-order valence-electron chi connectivity index (χ1n) is 10.6. The van der Waals surface area contributed by atoms with Crippen LogP contribution in [0.3, 0.4) is 0 Å². The van der Waals surface area contributed by atoms with E-state index < -0.39 is 12.2 Å². The van der Waals surface area contributed by atoms with Gasteiger partial charge in [0, 0.05) is 13.2 Å². The molecule has 0 saturated carbocycles. The SMILES string of the molecule is CC1=CC(O)c2ccccc2C1O.CCOC1C=C(C)C(OCC)c2ccccc21. The van der Waals surface area contributed by atoms with Crippen LogP contribution in [-0.4, -0.2) is 23.4 Å². The maximum absolute atomic E-state index is 9.77. The normalized spacial score (nSPS) is 24.6. The summed E-state index contributed by atoms with van der Waals surface area (Å²) in [6, 6.07) is 15.8. The summed E-state index contributed by atoms with van der Waals surface area (Å²) in [6.45, 7) is 9.45. The highest BCUT2D eigenvalue weighted by molar-refractivity contribution is 5.42. The molecule has 4 atom stereocenters. The maximum Gasteiger partial charge on any atom is 0.104 e. The van der Waals surface area contributed by atoms with Crippen molar-refractivity contribution in [3.8, 4) is 0 Å². The van der Waals surface area contributed by atoms with Crippen LogP contribution in [0.5, 0.6) is 0 Å². The fourth-order valence-electron chi connectivity index (χ4n) is 4.08. The van der Waals surface area contributed by atoms with Crippen molar-refractivity contribution in [2.45, 2.75) is 52.1 Å². The zero-order valence-electron chi connectivity index (χ0n) is 18.2. The molecule has 0 fully saturated rings. The fourth-order valence-corrected chi connectivity index (χ4v) is 4.08. The van der Waals surface area contributed by atoms with Crippen molar-refractivity contribution in [3.05, 3.63) is 94.1 Å². The van der Waals surface area contributed by atoms with Gasteiger partial charge in [0.1, 0.15) is 18.3 Å². The molecule has 2 aliphatic rings. The second-order valence-electron chi connectivity index (χ2n) is 7.64. The largest absolute Gasteiger partial charge is 0.384 e. The van der Waals surface area contributed by atoms with E-state index in [1.54, 1.807) is 6.08 Å². The molecule has 2 aliphatic carbocycles. The van der Waals surface area contributed by atoms with Crippen molar-refractivity contribution >= 4 is 0 Å². The molecule has 0 heterocycles. The highest BCUT2D eigenvalue weighted by Gasteiger charge is 2.26. The van der Waals surface area contributed by atoms with Gasteiger partial charge in [0.05, 0.1) is 6.10 Å². The van der Waals surface area contributed by atoms with Gasteiger partial charge in [-0.25, -0.2) is 0 Å². The Labute approximate surface area is 179 Å². The van der Waals surface area contributed by atoms with E-state index in [0.717, 1.165) is 29.9 Å². The highest BCUT2D eigenvalue weighted by atomic mass is 16.5. The molecule has 0 bridgehead atoms. The third kappa shape index (κ3) is 4.73. The van der Waals surface area contributed by atoms with Crippen molar-refractivity contribution in [2.75, 3.05) is 13.2 Å². The van der Waals surface area contributed by atoms with Crippen LogP contribution >= 0.6 is 0 Å². The van der Waals surface area contributed by atoms with E-state index in [1.165, 1.54) is 16.7 Å². The summed E-state index contributed by atoms with van der Waals surface area (Å²) in [5.41, 5.74) is 6.15. The van der Waals surface area contributed by atoms with Gasteiger partial charge in [0.2, 0.25) is 0 Å². The quantitative estimate of drug-likeness (QED) is 0.655. The first kappa shape index (κ1) is 22.4. The van der Waals surface area contributed by atoms with E-state index in [0.29, 0.717) is 0 Å². The molecule has 30 heavy (non-hydrogen) atoms. The number of hydrogen-bond acceptors (Lipinski definition) is 4. The third-order valence-electron chi connectivity index (χ3n) is 5.55. The second kappa shape index (κ2) is 10.2. The summed E-state index contributed by atoms with van der Waals surface area (Å²) < 4.78 is 11.6. The molecule has 0 saturated heterocycles. The van der Waals surface area contributed by atoms with Gasteiger partial charge in [0.15, 0.2) is 0 Å². The number of rotatable bonds is 4. The number of hydrogen-bond donors (Lipinski definition) is 2. The Morgan fingerprint density at radius 3 is 1.90 bits per heavy atom. The van der Waals surface area contributed by atoms with Crippen molar-refractivity contribution < 1.29 is 19.7 Å². The molecule has 0 aromatic heterocycles. The molecular formula is C26H32O4.